The maximum atomic E-state index is 4.49. The monoisotopic (exact) mass is 351 g/mol. The van der Waals surface area contributed by atoms with Crippen molar-refractivity contribution < 1.29 is 0 Å². The zero-order valence-corrected chi connectivity index (χ0v) is 14.8. The van der Waals surface area contributed by atoms with E-state index in [1.807, 2.05) is 30.5 Å². The van der Waals surface area contributed by atoms with Crippen molar-refractivity contribution in [3.63, 3.8) is 0 Å². The Kier molecular flexibility index (Phi) is 3.57. The minimum Gasteiger partial charge on any atom is -0.339 e. The van der Waals surface area contributed by atoms with Gasteiger partial charge in [0.2, 0.25) is 0 Å². The molecule has 0 saturated carbocycles. The van der Waals surface area contributed by atoms with Gasteiger partial charge in [0, 0.05) is 10.8 Å². The van der Waals surface area contributed by atoms with Crippen molar-refractivity contribution in [2.75, 3.05) is 5.32 Å². The normalized spacial score (nSPS) is 11.1. The van der Waals surface area contributed by atoms with Crippen molar-refractivity contribution in [3.05, 3.63) is 78.8 Å². The van der Waals surface area contributed by atoms with Crippen molar-refractivity contribution in [1.29, 1.82) is 0 Å². The molecule has 0 fully saturated rings. The van der Waals surface area contributed by atoms with E-state index in [2.05, 4.69) is 68.8 Å². The number of H-pyrrole nitrogens is 1. The van der Waals surface area contributed by atoms with Gasteiger partial charge in [0.1, 0.15) is 12.1 Å². The first-order valence-corrected chi connectivity index (χ1v) is 8.79. The molecule has 2 N–H and O–H groups in total. The molecule has 5 heteroatoms. The molecule has 0 unspecified atom stereocenters. The topological polar surface area (TPSA) is 66.5 Å². The average Bonchev–Trinajstić information content (AvgIpc) is 3.18. The quantitative estimate of drug-likeness (QED) is 0.467. The maximum absolute atomic E-state index is 4.49. The molecule has 0 aliphatic heterocycles. The van der Waals surface area contributed by atoms with Crippen molar-refractivity contribution >= 4 is 33.3 Å². The van der Waals surface area contributed by atoms with E-state index in [9.17, 15) is 0 Å². The van der Waals surface area contributed by atoms with Gasteiger partial charge in [-0.2, -0.15) is 5.10 Å². The molecule has 130 valence electrons. The molecule has 0 atom stereocenters. The molecule has 5 nitrogen and oxygen atoms in total. The van der Waals surface area contributed by atoms with Crippen LogP contribution in [0.1, 0.15) is 5.56 Å². The molecule has 0 saturated heterocycles. The number of anilines is 2. The number of aromatic amines is 1. The maximum Gasteiger partial charge on any atom is 0.141 e. The molecule has 0 amide bonds. The van der Waals surface area contributed by atoms with Crippen LogP contribution < -0.4 is 5.32 Å². The van der Waals surface area contributed by atoms with E-state index in [0.717, 1.165) is 38.9 Å². The zero-order chi connectivity index (χ0) is 18.2. The van der Waals surface area contributed by atoms with Crippen LogP contribution in [-0.2, 0) is 0 Å². The highest BCUT2D eigenvalue weighted by atomic mass is 15.1. The summed E-state index contributed by atoms with van der Waals surface area (Å²) in [6.07, 6.45) is 3.41. The highest BCUT2D eigenvalue weighted by Gasteiger charge is 2.09. The first-order valence-electron chi connectivity index (χ1n) is 8.79. The average molecular weight is 351 g/mol. The molecule has 5 aromatic rings. The van der Waals surface area contributed by atoms with Gasteiger partial charge < -0.3 is 5.32 Å². The van der Waals surface area contributed by atoms with E-state index in [0.29, 0.717) is 0 Å². The third kappa shape index (κ3) is 2.79. The fourth-order valence-corrected chi connectivity index (χ4v) is 3.37. The van der Waals surface area contributed by atoms with Crippen molar-refractivity contribution in [2.45, 2.75) is 6.92 Å². The Hall–Kier alpha value is -3.73. The Morgan fingerprint density at radius 1 is 0.852 bits per heavy atom. The summed E-state index contributed by atoms with van der Waals surface area (Å²) in [6.45, 7) is 2.10. The third-order valence-electron chi connectivity index (χ3n) is 4.72. The first-order chi connectivity index (χ1) is 13.3. The lowest BCUT2D eigenvalue weighted by Gasteiger charge is -2.11. The molecular weight excluding hydrogens is 334 g/mol. The zero-order valence-electron chi connectivity index (χ0n) is 14.8. The van der Waals surface area contributed by atoms with E-state index in [1.54, 1.807) is 6.33 Å². The highest BCUT2D eigenvalue weighted by Crippen LogP contribution is 2.30. The predicted molar refractivity (Wildman–Crippen MR) is 109 cm³/mol. The van der Waals surface area contributed by atoms with Crippen LogP contribution in [0.25, 0.3) is 32.9 Å². The molecular formula is C22H17N5. The van der Waals surface area contributed by atoms with Gasteiger partial charge in [-0.05, 0) is 42.3 Å². The number of fused-ring (bicyclic) bond motifs is 2. The summed E-state index contributed by atoms with van der Waals surface area (Å²) in [5.74, 6) is 0.781. The molecule has 0 bridgehead atoms. The molecule has 0 radical (unpaired) electrons. The lowest BCUT2D eigenvalue weighted by Crippen LogP contribution is -1.96. The second kappa shape index (κ2) is 6.21. The second-order valence-electron chi connectivity index (χ2n) is 6.59. The molecule has 0 spiro atoms. The minimum atomic E-state index is 0.781. The van der Waals surface area contributed by atoms with E-state index >= 15 is 0 Å². The van der Waals surface area contributed by atoms with E-state index in [1.165, 1.54) is 11.1 Å². The van der Waals surface area contributed by atoms with Crippen LogP contribution in [0.5, 0.6) is 0 Å². The lowest BCUT2D eigenvalue weighted by atomic mass is 10.0. The van der Waals surface area contributed by atoms with E-state index in [-0.39, 0.29) is 0 Å². The van der Waals surface area contributed by atoms with Gasteiger partial charge in [-0.25, -0.2) is 9.97 Å². The molecule has 2 aromatic heterocycles. The number of nitrogens with one attached hydrogen (secondary N) is 2. The summed E-state index contributed by atoms with van der Waals surface area (Å²) < 4.78 is 0. The number of aryl methyl sites for hydroxylation is 1. The summed E-state index contributed by atoms with van der Waals surface area (Å²) in [5.41, 5.74) is 6.42. The molecule has 2 heterocycles. The number of aromatic nitrogens is 4. The van der Waals surface area contributed by atoms with Crippen LogP contribution in [-0.4, -0.2) is 20.2 Å². The van der Waals surface area contributed by atoms with Crippen LogP contribution >= 0.6 is 0 Å². The second-order valence-corrected chi connectivity index (χ2v) is 6.59. The molecule has 3 aromatic carbocycles. The lowest BCUT2D eigenvalue weighted by molar-refractivity contribution is 1.12. The van der Waals surface area contributed by atoms with Gasteiger partial charge in [-0.1, -0.05) is 42.0 Å². The summed E-state index contributed by atoms with van der Waals surface area (Å²) in [6, 6.07) is 20.8. The third-order valence-corrected chi connectivity index (χ3v) is 4.72. The summed E-state index contributed by atoms with van der Waals surface area (Å²) in [4.78, 5) is 8.91. The van der Waals surface area contributed by atoms with Crippen LogP contribution in [0, 0.1) is 6.92 Å². The van der Waals surface area contributed by atoms with Crippen LogP contribution in [0.2, 0.25) is 0 Å². The Morgan fingerprint density at radius 2 is 1.74 bits per heavy atom. The molecule has 0 aliphatic carbocycles. The molecule has 27 heavy (non-hydrogen) atoms. The minimum absolute atomic E-state index is 0.781. The van der Waals surface area contributed by atoms with E-state index < -0.39 is 0 Å². The number of hydrogen-bond acceptors (Lipinski definition) is 4. The van der Waals surface area contributed by atoms with Gasteiger partial charge in [-0.15, -0.1) is 0 Å². The van der Waals surface area contributed by atoms with Crippen LogP contribution in [0.3, 0.4) is 0 Å². The highest BCUT2D eigenvalue weighted by molar-refractivity contribution is 5.98. The standard InChI is InChI=1S/C22H17N5/c1-14-4-2-5-15(10-14)16-8-9-19-17(11-16)22(24-13-23-19)26-20-6-3-7-21-18(20)12-25-27-21/h2-13H,1H3,(H,25,27)(H,23,24,26). The smallest absolute Gasteiger partial charge is 0.141 e. The van der Waals surface area contributed by atoms with Crippen molar-refractivity contribution in [2.24, 2.45) is 0 Å². The van der Waals surface area contributed by atoms with E-state index in [4.69, 9.17) is 0 Å². The Bertz CT molecular complexity index is 1270. The fraction of sp³-hybridized carbons (Fsp3) is 0.0455. The number of hydrogen-bond donors (Lipinski definition) is 2. The van der Waals surface area contributed by atoms with Gasteiger partial charge in [0.15, 0.2) is 0 Å². The summed E-state index contributed by atoms with van der Waals surface area (Å²) >= 11 is 0. The Labute approximate surface area is 156 Å². The Morgan fingerprint density at radius 3 is 2.67 bits per heavy atom. The number of nitrogens with zero attached hydrogens (tertiary/aromatic N) is 3. The van der Waals surface area contributed by atoms with Crippen molar-refractivity contribution in [3.8, 4) is 11.1 Å². The predicted octanol–water partition coefficient (Wildman–Crippen LogP) is 5.23. The number of benzene rings is 3. The Balaban J connectivity index is 1.64. The first kappa shape index (κ1) is 15.5. The molecule has 5 rings (SSSR count). The van der Waals surface area contributed by atoms with Gasteiger partial charge in [0.05, 0.1) is 22.9 Å². The van der Waals surface area contributed by atoms with Crippen LogP contribution in [0.4, 0.5) is 11.5 Å². The SMILES string of the molecule is Cc1cccc(-c2ccc3ncnc(Nc4cccc5[nH]ncc45)c3c2)c1. The van der Waals surface area contributed by atoms with Crippen LogP contribution in [0.15, 0.2) is 73.2 Å². The summed E-state index contributed by atoms with van der Waals surface area (Å²) in [5, 5.41) is 12.6. The largest absolute Gasteiger partial charge is 0.339 e. The van der Waals surface area contributed by atoms with Crippen molar-refractivity contribution in [1.82, 2.24) is 20.2 Å². The fourth-order valence-electron chi connectivity index (χ4n) is 3.37. The van der Waals surface area contributed by atoms with Gasteiger partial charge >= 0.3 is 0 Å². The summed E-state index contributed by atoms with van der Waals surface area (Å²) in [7, 11) is 0. The molecule has 0 aliphatic rings. The van der Waals surface area contributed by atoms with Gasteiger partial charge in [-0.3, -0.25) is 5.10 Å². The number of rotatable bonds is 3. The van der Waals surface area contributed by atoms with Gasteiger partial charge in [0.25, 0.3) is 0 Å².